The Kier molecular flexibility index (Phi) is 8.52. The second-order valence-electron chi connectivity index (χ2n) is 11.6. The fourth-order valence-corrected chi connectivity index (χ4v) is 6.27. The van der Waals surface area contributed by atoms with Crippen molar-refractivity contribution in [3.05, 3.63) is 102 Å². The fraction of sp³-hybridized carbons (Fsp3) is 0.294. The van der Waals surface area contributed by atoms with E-state index in [1.165, 1.54) is 0 Å². The smallest absolute Gasteiger partial charge is 0.328 e. The highest BCUT2D eigenvalue weighted by atomic mass is 16.5. The zero-order valence-corrected chi connectivity index (χ0v) is 24.9. The Bertz CT molecular complexity index is 1720. The molecule has 3 N–H and O–H groups in total. The van der Waals surface area contributed by atoms with Gasteiger partial charge in [0.2, 0.25) is 11.8 Å². The van der Waals surface area contributed by atoms with Crippen molar-refractivity contribution in [2.45, 2.75) is 32.9 Å². The summed E-state index contributed by atoms with van der Waals surface area (Å²) in [7, 11) is 0. The molecule has 11 nitrogen and oxygen atoms in total. The maximum atomic E-state index is 13.3. The van der Waals surface area contributed by atoms with Gasteiger partial charge in [-0.3, -0.25) is 39.9 Å². The van der Waals surface area contributed by atoms with E-state index in [1.54, 1.807) is 30.5 Å². The number of fused-ring (bicyclic) bond motifs is 1. The molecule has 45 heavy (non-hydrogen) atoms. The molecule has 2 aliphatic rings. The summed E-state index contributed by atoms with van der Waals surface area (Å²) in [4.78, 5) is 62.8. The number of piperidine rings is 1. The third-order valence-corrected chi connectivity index (χ3v) is 8.65. The SMILES string of the molecule is Cc1cc(COc2ccc(C(=O)NCC3(C4CCN(Cc5cccnc5)CC4)C(=O)NC(=O)NC3=O)cc2)c2ccccc2n1. The van der Waals surface area contributed by atoms with Crippen LogP contribution in [0.4, 0.5) is 4.79 Å². The van der Waals surface area contributed by atoms with Gasteiger partial charge in [-0.15, -0.1) is 0 Å². The molecule has 2 aromatic carbocycles. The first-order chi connectivity index (χ1) is 21.8. The number of imide groups is 2. The third-order valence-electron chi connectivity index (χ3n) is 8.65. The zero-order valence-electron chi connectivity index (χ0n) is 24.9. The average molecular weight is 607 g/mol. The number of carbonyl (C=O) groups is 4. The van der Waals surface area contributed by atoms with Gasteiger partial charge >= 0.3 is 6.03 Å². The highest BCUT2D eigenvalue weighted by Gasteiger charge is 2.56. The number of carbonyl (C=O) groups excluding carboxylic acids is 4. The molecule has 6 rings (SSSR count). The Labute approximate surface area is 260 Å². The molecule has 0 atom stereocenters. The summed E-state index contributed by atoms with van der Waals surface area (Å²) in [6, 6.07) is 19.6. The molecular formula is C34H34N6O5. The molecule has 0 radical (unpaired) electrons. The topological polar surface area (TPSA) is 143 Å². The summed E-state index contributed by atoms with van der Waals surface area (Å²) in [6.45, 7) is 4.05. The number of likely N-dealkylation sites (tertiary alicyclic amines) is 1. The van der Waals surface area contributed by atoms with Crippen molar-refractivity contribution < 1.29 is 23.9 Å². The van der Waals surface area contributed by atoms with Gasteiger partial charge in [0.15, 0.2) is 0 Å². The maximum Gasteiger partial charge on any atom is 0.328 e. The minimum absolute atomic E-state index is 0.239. The normalized spacial score (nSPS) is 17.0. The Morgan fingerprint density at radius 3 is 2.44 bits per heavy atom. The van der Waals surface area contributed by atoms with E-state index in [0.29, 0.717) is 50.4 Å². The van der Waals surface area contributed by atoms with Crippen LogP contribution in [-0.2, 0) is 22.7 Å². The number of benzene rings is 2. The molecule has 0 saturated carbocycles. The number of rotatable bonds is 9. The Morgan fingerprint density at radius 2 is 1.73 bits per heavy atom. The Hall–Kier alpha value is -5.16. The van der Waals surface area contributed by atoms with Gasteiger partial charge in [0.05, 0.1) is 5.52 Å². The lowest BCUT2D eigenvalue weighted by molar-refractivity contribution is -0.149. The maximum absolute atomic E-state index is 13.3. The van der Waals surface area contributed by atoms with Crippen molar-refractivity contribution in [2.24, 2.45) is 11.3 Å². The summed E-state index contributed by atoms with van der Waals surface area (Å²) in [6.07, 6.45) is 4.63. The zero-order chi connectivity index (χ0) is 31.4. The van der Waals surface area contributed by atoms with Crippen molar-refractivity contribution in [1.29, 1.82) is 0 Å². The molecule has 5 amide bonds. The van der Waals surface area contributed by atoms with E-state index in [9.17, 15) is 19.2 Å². The van der Waals surface area contributed by atoms with Crippen LogP contribution in [0, 0.1) is 18.3 Å². The van der Waals surface area contributed by atoms with Gasteiger partial charge in [0, 0.05) is 47.7 Å². The van der Waals surface area contributed by atoms with Gasteiger partial charge in [-0.05, 0) is 86.8 Å². The van der Waals surface area contributed by atoms with Crippen molar-refractivity contribution >= 4 is 34.7 Å². The summed E-state index contributed by atoms with van der Waals surface area (Å²) >= 11 is 0. The second-order valence-corrected chi connectivity index (χ2v) is 11.6. The van der Waals surface area contributed by atoms with E-state index in [1.807, 2.05) is 55.6 Å². The van der Waals surface area contributed by atoms with Crippen molar-refractivity contribution in [2.75, 3.05) is 19.6 Å². The third kappa shape index (κ3) is 6.39. The lowest BCUT2D eigenvalue weighted by atomic mass is 9.68. The molecular weight excluding hydrogens is 572 g/mol. The van der Waals surface area contributed by atoms with Crippen LogP contribution in [0.25, 0.3) is 10.9 Å². The largest absolute Gasteiger partial charge is 0.489 e. The number of hydrogen-bond donors (Lipinski definition) is 3. The van der Waals surface area contributed by atoms with E-state index >= 15 is 0 Å². The number of hydrogen-bond acceptors (Lipinski definition) is 8. The van der Waals surface area contributed by atoms with Crippen molar-refractivity contribution in [3.63, 3.8) is 0 Å². The van der Waals surface area contributed by atoms with Crippen LogP contribution in [0.2, 0.25) is 0 Å². The van der Waals surface area contributed by atoms with Gasteiger partial charge in [0.1, 0.15) is 17.8 Å². The standard InChI is InChI=1S/C34H34N6O5/c1-22-17-25(28-6-2-3-7-29(28)37-22)20-45-27-10-8-24(9-11-27)30(41)36-21-34(31(42)38-33(44)39-32(34)43)26-12-15-40(16-13-26)19-23-5-4-14-35-18-23/h2-11,14,17-18,26H,12-13,15-16,19-21H2,1H3,(H,36,41)(H2,38,39,42,43,44). The molecule has 4 aromatic rings. The summed E-state index contributed by atoms with van der Waals surface area (Å²) in [5, 5.41) is 8.33. The fourth-order valence-electron chi connectivity index (χ4n) is 6.27. The number of aryl methyl sites for hydroxylation is 1. The van der Waals surface area contributed by atoms with Crippen LogP contribution >= 0.6 is 0 Å². The number of urea groups is 1. The number of para-hydroxylation sites is 1. The molecule has 4 heterocycles. The number of nitrogens with one attached hydrogen (secondary N) is 3. The molecule has 2 aliphatic heterocycles. The highest BCUT2D eigenvalue weighted by Crippen LogP contribution is 2.38. The minimum Gasteiger partial charge on any atom is -0.489 e. The molecule has 0 bridgehead atoms. The number of amides is 5. The minimum atomic E-state index is -1.61. The summed E-state index contributed by atoms with van der Waals surface area (Å²) < 4.78 is 6.02. The van der Waals surface area contributed by atoms with Crippen molar-refractivity contribution in [1.82, 2.24) is 30.8 Å². The predicted octanol–water partition coefficient (Wildman–Crippen LogP) is 3.51. The van der Waals surface area contributed by atoms with E-state index in [4.69, 9.17) is 4.74 Å². The van der Waals surface area contributed by atoms with Gasteiger partial charge in [-0.25, -0.2) is 4.79 Å². The number of aromatic nitrogens is 2. The number of nitrogens with zero attached hydrogens (tertiary/aromatic N) is 3. The number of ether oxygens (including phenoxy) is 1. The van der Waals surface area contributed by atoms with Gasteiger partial charge < -0.3 is 10.1 Å². The van der Waals surface area contributed by atoms with E-state index in [-0.39, 0.29) is 12.5 Å². The van der Waals surface area contributed by atoms with Crippen LogP contribution in [0.3, 0.4) is 0 Å². The summed E-state index contributed by atoms with van der Waals surface area (Å²) in [5.41, 5.74) is 2.63. The number of pyridine rings is 2. The molecule has 0 aliphatic carbocycles. The molecule has 230 valence electrons. The average Bonchev–Trinajstić information content (AvgIpc) is 3.04. The quantitative estimate of drug-likeness (QED) is 0.246. The monoisotopic (exact) mass is 606 g/mol. The van der Waals surface area contributed by atoms with Gasteiger partial charge in [-0.2, -0.15) is 0 Å². The molecule has 11 heteroatoms. The van der Waals surface area contributed by atoms with Crippen LogP contribution in [-0.4, -0.2) is 58.3 Å². The van der Waals surface area contributed by atoms with E-state index in [0.717, 1.165) is 27.7 Å². The number of barbiturate groups is 1. The Morgan fingerprint density at radius 1 is 1.00 bits per heavy atom. The first-order valence-electron chi connectivity index (χ1n) is 15.0. The lowest BCUT2D eigenvalue weighted by Crippen LogP contribution is -2.68. The van der Waals surface area contributed by atoms with Gasteiger partial charge in [0.25, 0.3) is 5.91 Å². The van der Waals surface area contributed by atoms with Crippen LogP contribution in [0.15, 0.2) is 79.1 Å². The predicted molar refractivity (Wildman–Crippen MR) is 166 cm³/mol. The molecule has 2 aromatic heterocycles. The summed E-state index contributed by atoms with van der Waals surface area (Å²) in [5.74, 6) is -1.61. The second kappa shape index (κ2) is 12.8. The lowest BCUT2D eigenvalue weighted by Gasteiger charge is -2.43. The molecule has 0 spiro atoms. The first-order valence-corrected chi connectivity index (χ1v) is 15.0. The van der Waals surface area contributed by atoms with Crippen LogP contribution < -0.4 is 20.7 Å². The van der Waals surface area contributed by atoms with Crippen molar-refractivity contribution in [3.8, 4) is 5.75 Å². The molecule has 2 saturated heterocycles. The van der Waals surface area contributed by atoms with E-state index in [2.05, 4.69) is 30.8 Å². The van der Waals surface area contributed by atoms with Gasteiger partial charge in [-0.1, -0.05) is 24.3 Å². The van der Waals surface area contributed by atoms with Crippen LogP contribution in [0.5, 0.6) is 5.75 Å². The Balaban J connectivity index is 1.10. The van der Waals surface area contributed by atoms with E-state index < -0.39 is 29.2 Å². The highest BCUT2D eigenvalue weighted by molar-refractivity contribution is 6.19. The first kappa shape index (κ1) is 29.9. The van der Waals surface area contributed by atoms with Crippen LogP contribution in [0.1, 0.15) is 40.0 Å². The molecule has 0 unspecified atom stereocenters. The molecule has 2 fully saturated rings.